The van der Waals surface area contributed by atoms with E-state index in [4.69, 9.17) is 4.74 Å². The first-order valence-corrected chi connectivity index (χ1v) is 6.96. The molecule has 0 aliphatic heterocycles. The van der Waals surface area contributed by atoms with Crippen LogP contribution in [-0.2, 0) is 12.8 Å². The van der Waals surface area contributed by atoms with Crippen LogP contribution >= 0.6 is 0 Å². The van der Waals surface area contributed by atoms with Crippen molar-refractivity contribution >= 4 is 12.1 Å². The van der Waals surface area contributed by atoms with Crippen molar-refractivity contribution in [3.8, 4) is 17.2 Å². The van der Waals surface area contributed by atoms with E-state index in [0.29, 0.717) is 0 Å². The highest BCUT2D eigenvalue weighted by Gasteiger charge is 2.01. The van der Waals surface area contributed by atoms with Gasteiger partial charge >= 0.3 is 0 Å². The van der Waals surface area contributed by atoms with Crippen LogP contribution in [0.1, 0.15) is 25.0 Å². The number of benzene rings is 2. The lowest BCUT2D eigenvalue weighted by Gasteiger charge is -2.06. The maximum Gasteiger partial charge on any atom is 0.181 e. The summed E-state index contributed by atoms with van der Waals surface area (Å²) in [6.07, 6.45) is 3.14. The first-order valence-electron chi connectivity index (χ1n) is 6.96. The zero-order valence-corrected chi connectivity index (χ0v) is 12.2. The zero-order chi connectivity index (χ0) is 15.2. The molecule has 0 saturated carbocycles. The van der Waals surface area contributed by atoms with Gasteiger partial charge in [-0.25, -0.2) is 4.99 Å². The van der Waals surface area contributed by atoms with E-state index in [2.05, 4.69) is 24.9 Å². The summed E-state index contributed by atoms with van der Waals surface area (Å²) in [4.78, 5) is 4.02. The molecule has 2 N–H and O–H groups in total. The van der Waals surface area contributed by atoms with E-state index >= 15 is 0 Å². The highest BCUT2D eigenvalue weighted by atomic mass is 16.5. The fourth-order valence-corrected chi connectivity index (χ4v) is 1.96. The van der Waals surface area contributed by atoms with Crippen molar-refractivity contribution in [2.75, 3.05) is 0 Å². The molecule has 0 fully saturated rings. The highest BCUT2D eigenvalue weighted by Crippen LogP contribution is 2.29. The fourth-order valence-electron chi connectivity index (χ4n) is 1.96. The number of aromatic hydroxyl groups is 2. The third-order valence-corrected chi connectivity index (χ3v) is 3.18. The molecule has 21 heavy (non-hydrogen) atoms. The van der Waals surface area contributed by atoms with Gasteiger partial charge in [0.25, 0.3) is 0 Å². The second kappa shape index (κ2) is 6.79. The molecule has 110 valence electrons. The largest absolute Gasteiger partial charge is 0.508 e. The summed E-state index contributed by atoms with van der Waals surface area (Å²) in [6.45, 7) is 4.19. The topological polar surface area (TPSA) is 62.0 Å². The van der Waals surface area contributed by atoms with Crippen LogP contribution in [0.4, 0.5) is 5.69 Å². The molecule has 2 aromatic rings. The minimum atomic E-state index is -0.00999. The van der Waals surface area contributed by atoms with Gasteiger partial charge in [0.2, 0.25) is 0 Å². The van der Waals surface area contributed by atoms with Crippen molar-refractivity contribution in [3.05, 3.63) is 47.5 Å². The fraction of sp³-hybridized carbons (Fsp3) is 0.235. The summed E-state index contributed by atoms with van der Waals surface area (Å²) < 4.78 is 5.51. The van der Waals surface area contributed by atoms with E-state index in [1.807, 2.05) is 12.1 Å². The molecule has 0 heterocycles. The molecule has 2 aromatic carbocycles. The SMILES string of the molecule is CCc1cc(CC)cc(O/C=N/c2cc(O)ccc2O)c1. The molecule has 0 amide bonds. The average molecular weight is 285 g/mol. The molecule has 4 heteroatoms. The Balaban J connectivity index is 2.15. The Morgan fingerprint density at radius 1 is 1.00 bits per heavy atom. The summed E-state index contributed by atoms with van der Waals surface area (Å²) >= 11 is 0. The van der Waals surface area contributed by atoms with Gasteiger partial charge < -0.3 is 14.9 Å². The normalized spacial score (nSPS) is 11.0. The molecule has 0 aromatic heterocycles. The van der Waals surface area contributed by atoms with Crippen molar-refractivity contribution in [3.63, 3.8) is 0 Å². The Morgan fingerprint density at radius 3 is 2.29 bits per heavy atom. The van der Waals surface area contributed by atoms with Crippen LogP contribution in [0.5, 0.6) is 17.2 Å². The maximum absolute atomic E-state index is 9.62. The molecule has 0 aliphatic carbocycles. The van der Waals surface area contributed by atoms with Crippen LogP contribution in [0.3, 0.4) is 0 Å². The van der Waals surface area contributed by atoms with Gasteiger partial charge in [0.15, 0.2) is 6.40 Å². The third-order valence-electron chi connectivity index (χ3n) is 3.18. The predicted octanol–water partition coefficient (Wildman–Crippen LogP) is 3.96. The molecule has 0 atom stereocenters. The van der Waals surface area contributed by atoms with Crippen molar-refractivity contribution in [1.29, 1.82) is 0 Å². The Hall–Kier alpha value is -2.49. The van der Waals surface area contributed by atoms with E-state index in [-0.39, 0.29) is 17.2 Å². The minimum absolute atomic E-state index is 0.00999. The Bertz CT molecular complexity index is 628. The molecule has 4 nitrogen and oxygen atoms in total. The second-order valence-corrected chi connectivity index (χ2v) is 4.72. The Kier molecular flexibility index (Phi) is 4.82. The first kappa shape index (κ1) is 14.9. The first-order chi connectivity index (χ1) is 10.1. The molecular weight excluding hydrogens is 266 g/mol. The number of nitrogens with zero attached hydrogens (tertiary/aromatic N) is 1. The molecule has 2 rings (SSSR count). The van der Waals surface area contributed by atoms with Gasteiger partial charge in [-0.2, -0.15) is 0 Å². The number of aliphatic imine (C=N–C) groups is 1. The number of aryl methyl sites for hydroxylation is 2. The van der Waals surface area contributed by atoms with Crippen LogP contribution in [-0.4, -0.2) is 16.6 Å². The van der Waals surface area contributed by atoms with Gasteiger partial charge in [-0.15, -0.1) is 0 Å². The Labute approximate surface area is 124 Å². The van der Waals surface area contributed by atoms with E-state index in [1.54, 1.807) is 0 Å². The highest BCUT2D eigenvalue weighted by molar-refractivity contribution is 5.64. The second-order valence-electron chi connectivity index (χ2n) is 4.72. The summed E-state index contributed by atoms with van der Waals surface area (Å²) in [5.74, 6) is 0.750. The lowest BCUT2D eigenvalue weighted by Crippen LogP contribution is -1.93. The number of hydrogen-bond donors (Lipinski definition) is 2. The van der Waals surface area contributed by atoms with Gasteiger partial charge in [0.1, 0.15) is 22.9 Å². The minimum Gasteiger partial charge on any atom is -0.508 e. The van der Waals surface area contributed by atoms with E-state index in [0.717, 1.165) is 18.6 Å². The van der Waals surface area contributed by atoms with Crippen molar-refractivity contribution in [2.24, 2.45) is 4.99 Å². The molecule has 0 unspecified atom stereocenters. The van der Waals surface area contributed by atoms with E-state index < -0.39 is 0 Å². The summed E-state index contributed by atoms with van der Waals surface area (Å²) in [7, 11) is 0. The maximum atomic E-state index is 9.62. The van der Waals surface area contributed by atoms with Crippen molar-refractivity contribution in [1.82, 2.24) is 0 Å². The van der Waals surface area contributed by atoms with E-state index in [9.17, 15) is 10.2 Å². The lowest BCUT2D eigenvalue weighted by molar-refractivity contribution is 0.461. The molecule has 0 aliphatic rings. The molecule has 0 spiro atoms. The van der Waals surface area contributed by atoms with Gasteiger partial charge in [0, 0.05) is 6.07 Å². The third kappa shape index (κ3) is 3.99. The summed E-state index contributed by atoms with van der Waals surface area (Å²) in [5, 5.41) is 19.0. The van der Waals surface area contributed by atoms with Crippen molar-refractivity contribution in [2.45, 2.75) is 26.7 Å². The molecular formula is C17H19NO3. The van der Waals surface area contributed by atoms with Crippen LogP contribution in [0.2, 0.25) is 0 Å². The molecule has 0 bridgehead atoms. The quantitative estimate of drug-likeness (QED) is 0.496. The Morgan fingerprint density at radius 2 is 1.67 bits per heavy atom. The van der Waals surface area contributed by atoms with Crippen molar-refractivity contribution < 1.29 is 14.9 Å². The van der Waals surface area contributed by atoms with Crippen LogP contribution < -0.4 is 4.74 Å². The summed E-state index contributed by atoms with van der Waals surface area (Å²) in [5.41, 5.74) is 2.67. The standard InChI is InChI=1S/C17H19NO3/c1-3-12-7-13(4-2)9-15(8-12)21-11-18-16-10-14(19)5-6-17(16)20/h5-11,19-20H,3-4H2,1-2H3/b18-11+. The monoisotopic (exact) mass is 285 g/mol. The average Bonchev–Trinajstić information content (AvgIpc) is 2.50. The van der Waals surface area contributed by atoms with Gasteiger partial charge in [-0.3, -0.25) is 0 Å². The lowest BCUT2D eigenvalue weighted by atomic mass is 10.1. The zero-order valence-electron chi connectivity index (χ0n) is 12.2. The number of hydrogen-bond acceptors (Lipinski definition) is 4. The smallest absolute Gasteiger partial charge is 0.181 e. The number of phenols is 2. The number of ether oxygens (including phenoxy) is 1. The van der Waals surface area contributed by atoms with Gasteiger partial charge in [-0.05, 0) is 48.2 Å². The van der Waals surface area contributed by atoms with Gasteiger partial charge in [-0.1, -0.05) is 19.9 Å². The molecule has 0 radical (unpaired) electrons. The summed E-state index contributed by atoms with van der Waals surface area (Å²) in [6, 6.07) is 10.2. The number of phenolic OH excluding ortho intramolecular Hbond substituents is 2. The van der Waals surface area contributed by atoms with Gasteiger partial charge in [0.05, 0.1) is 0 Å². The molecule has 0 saturated heterocycles. The van der Waals surface area contributed by atoms with E-state index in [1.165, 1.54) is 35.7 Å². The van der Waals surface area contributed by atoms with Crippen LogP contribution in [0.15, 0.2) is 41.4 Å². The van der Waals surface area contributed by atoms with Crippen LogP contribution in [0, 0.1) is 0 Å². The predicted molar refractivity (Wildman–Crippen MR) is 83.7 cm³/mol. The number of rotatable bonds is 5. The van der Waals surface area contributed by atoms with Crippen LogP contribution in [0.25, 0.3) is 0 Å².